The van der Waals surface area contributed by atoms with Gasteiger partial charge in [0.25, 0.3) is 0 Å². The van der Waals surface area contributed by atoms with Crippen LogP contribution in [0, 0.1) is 0 Å². The molecule has 0 aliphatic carbocycles. The Morgan fingerprint density at radius 2 is 2.25 bits per heavy atom. The lowest BCUT2D eigenvalue weighted by atomic mass is 9.99. The maximum atomic E-state index is 11.9. The molecule has 0 radical (unpaired) electrons. The predicted octanol–water partition coefficient (Wildman–Crippen LogP) is 0.950. The number of hydrogen-bond acceptors (Lipinski definition) is 5. The first-order valence-corrected chi connectivity index (χ1v) is 6.94. The van der Waals surface area contributed by atoms with Gasteiger partial charge in [-0.2, -0.15) is 0 Å². The van der Waals surface area contributed by atoms with Crippen molar-refractivity contribution in [2.45, 2.75) is 18.5 Å². The minimum absolute atomic E-state index is 0.120. The maximum Gasteiger partial charge on any atom is 0.325 e. The summed E-state index contributed by atoms with van der Waals surface area (Å²) in [6.07, 6.45) is 0.803. The van der Waals surface area contributed by atoms with Crippen molar-refractivity contribution in [3.63, 3.8) is 0 Å². The zero-order valence-electron chi connectivity index (χ0n) is 11.8. The number of morpholine rings is 1. The molecule has 1 aliphatic rings. The van der Waals surface area contributed by atoms with E-state index >= 15 is 0 Å². The van der Waals surface area contributed by atoms with Gasteiger partial charge in [-0.1, -0.05) is 30.3 Å². The molecule has 2 N–H and O–H groups in total. The average Bonchev–Trinajstić information content (AvgIpc) is 2.53. The summed E-state index contributed by atoms with van der Waals surface area (Å²) >= 11 is 0. The molecule has 1 aliphatic heterocycles. The molecule has 2 rings (SSSR count). The molecule has 0 saturated carbocycles. The lowest BCUT2D eigenvalue weighted by Gasteiger charge is -2.39. The predicted molar refractivity (Wildman–Crippen MR) is 76.2 cm³/mol. The Hall–Kier alpha value is -1.43. The monoisotopic (exact) mass is 278 g/mol. The van der Waals surface area contributed by atoms with E-state index in [2.05, 4.69) is 17.0 Å². The Bertz CT molecular complexity index is 424. The highest BCUT2D eigenvalue weighted by molar-refractivity contribution is 5.76. The largest absolute Gasteiger partial charge is 0.468 e. The summed E-state index contributed by atoms with van der Waals surface area (Å²) in [7, 11) is 1.41. The fourth-order valence-corrected chi connectivity index (χ4v) is 2.69. The Morgan fingerprint density at radius 3 is 2.90 bits per heavy atom. The van der Waals surface area contributed by atoms with Gasteiger partial charge < -0.3 is 15.2 Å². The van der Waals surface area contributed by atoms with Crippen LogP contribution in [0.25, 0.3) is 0 Å². The van der Waals surface area contributed by atoms with E-state index in [-0.39, 0.29) is 18.1 Å². The van der Waals surface area contributed by atoms with Crippen molar-refractivity contribution >= 4 is 5.97 Å². The van der Waals surface area contributed by atoms with Crippen LogP contribution in [0.2, 0.25) is 0 Å². The molecule has 0 aromatic heterocycles. The lowest BCUT2D eigenvalue weighted by Crippen LogP contribution is -2.52. The summed E-state index contributed by atoms with van der Waals surface area (Å²) in [5, 5.41) is 0. The second-order valence-corrected chi connectivity index (χ2v) is 4.86. The minimum Gasteiger partial charge on any atom is -0.468 e. The van der Waals surface area contributed by atoms with Crippen LogP contribution in [0.3, 0.4) is 0 Å². The van der Waals surface area contributed by atoms with Gasteiger partial charge in [0, 0.05) is 12.6 Å². The highest BCUT2D eigenvalue weighted by Gasteiger charge is 2.35. The molecule has 2 unspecified atom stereocenters. The lowest BCUT2D eigenvalue weighted by molar-refractivity contribution is -0.155. The standard InChI is InChI=1S/C15H22N2O3/c1-19-15(18)14-11-20-10-9-17(14)13(7-8-16)12-5-3-2-4-6-12/h2-6,13-14H,7-11,16H2,1H3. The molecule has 1 aromatic rings. The van der Waals surface area contributed by atoms with E-state index in [0.717, 1.165) is 6.42 Å². The van der Waals surface area contributed by atoms with Gasteiger partial charge >= 0.3 is 5.97 Å². The SMILES string of the molecule is COC(=O)C1COCCN1C(CCN)c1ccccc1. The number of nitrogens with zero attached hydrogens (tertiary/aromatic N) is 1. The minimum atomic E-state index is -0.356. The van der Waals surface area contributed by atoms with Crippen LogP contribution in [0.4, 0.5) is 0 Å². The van der Waals surface area contributed by atoms with Crippen molar-refractivity contribution in [3.8, 4) is 0 Å². The molecule has 0 amide bonds. The van der Waals surface area contributed by atoms with Gasteiger partial charge in [0.05, 0.1) is 20.3 Å². The van der Waals surface area contributed by atoms with Gasteiger partial charge in [-0.25, -0.2) is 0 Å². The van der Waals surface area contributed by atoms with E-state index in [0.29, 0.717) is 26.3 Å². The molecule has 1 heterocycles. The van der Waals surface area contributed by atoms with Gasteiger partial charge in [-0.3, -0.25) is 9.69 Å². The van der Waals surface area contributed by atoms with Crippen LogP contribution in [0.15, 0.2) is 30.3 Å². The highest BCUT2D eigenvalue weighted by atomic mass is 16.5. The van der Waals surface area contributed by atoms with E-state index < -0.39 is 0 Å². The van der Waals surface area contributed by atoms with Gasteiger partial charge in [0.1, 0.15) is 6.04 Å². The van der Waals surface area contributed by atoms with Crippen molar-refractivity contribution in [2.75, 3.05) is 33.4 Å². The van der Waals surface area contributed by atoms with Gasteiger partial charge in [-0.05, 0) is 18.5 Å². The number of esters is 1. The molecule has 20 heavy (non-hydrogen) atoms. The third-order valence-electron chi connectivity index (χ3n) is 3.67. The highest BCUT2D eigenvalue weighted by Crippen LogP contribution is 2.27. The van der Waals surface area contributed by atoms with Crippen molar-refractivity contribution < 1.29 is 14.3 Å². The zero-order chi connectivity index (χ0) is 14.4. The second-order valence-electron chi connectivity index (χ2n) is 4.86. The van der Waals surface area contributed by atoms with Crippen LogP contribution in [0.1, 0.15) is 18.0 Å². The summed E-state index contributed by atoms with van der Waals surface area (Å²) < 4.78 is 10.3. The Balaban J connectivity index is 2.24. The zero-order valence-corrected chi connectivity index (χ0v) is 11.8. The number of carbonyl (C=O) groups is 1. The van der Waals surface area contributed by atoms with Gasteiger partial charge in [0.15, 0.2) is 0 Å². The molecule has 1 aromatic carbocycles. The first-order chi connectivity index (χ1) is 9.77. The van der Waals surface area contributed by atoms with Crippen LogP contribution >= 0.6 is 0 Å². The summed E-state index contributed by atoms with van der Waals surface area (Å²) in [5.74, 6) is -0.248. The van der Waals surface area contributed by atoms with Crippen molar-refractivity contribution in [3.05, 3.63) is 35.9 Å². The molecule has 0 bridgehead atoms. The Kier molecular flexibility index (Phi) is 5.52. The third-order valence-corrected chi connectivity index (χ3v) is 3.67. The molecule has 110 valence electrons. The third kappa shape index (κ3) is 3.36. The average molecular weight is 278 g/mol. The molecular weight excluding hydrogens is 256 g/mol. The number of ether oxygens (including phenoxy) is 2. The summed E-state index contributed by atoms with van der Waals surface area (Å²) in [6.45, 7) is 2.28. The first-order valence-electron chi connectivity index (χ1n) is 6.94. The smallest absolute Gasteiger partial charge is 0.325 e. The van der Waals surface area contributed by atoms with E-state index in [1.165, 1.54) is 12.7 Å². The molecule has 5 heteroatoms. The molecule has 2 atom stereocenters. The second kappa shape index (κ2) is 7.38. The van der Waals surface area contributed by atoms with Crippen molar-refractivity contribution in [1.82, 2.24) is 4.90 Å². The summed E-state index contributed by atoms with van der Waals surface area (Å²) in [6, 6.07) is 9.91. The van der Waals surface area contributed by atoms with Crippen LogP contribution < -0.4 is 5.73 Å². The van der Waals surface area contributed by atoms with Gasteiger partial charge in [-0.15, -0.1) is 0 Å². The number of rotatable bonds is 5. The molecule has 5 nitrogen and oxygen atoms in total. The molecule has 1 fully saturated rings. The Labute approximate surface area is 119 Å². The quantitative estimate of drug-likeness (QED) is 0.812. The number of benzene rings is 1. The number of methoxy groups -OCH3 is 1. The molecular formula is C15H22N2O3. The van der Waals surface area contributed by atoms with Crippen LogP contribution in [-0.4, -0.2) is 50.3 Å². The van der Waals surface area contributed by atoms with Crippen molar-refractivity contribution in [2.24, 2.45) is 5.73 Å². The first kappa shape index (κ1) is 15.0. The summed E-state index contributed by atoms with van der Waals surface area (Å²) in [5.41, 5.74) is 6.93. The van der Waals surface area contributed by atoms with Crippen LogP contribution in [-0.2, 0) is 14.3 Å². The van der Waals surface area contributed by atoms with Gasteiger partial charge in [0.2, 0.25) is 0 Å². The van der Waals surface area contributed by atoms with Crippen molar-refractivity contribution in [1.29, 1.82) is 0 Å². The van der Waals surface area contributed by atoms with E-state index in [1.54, 1.807) is 0 Å². The van der Waals surface area contributed by atoms with E-state index in [1.807, 2.05) is 18.2 Å². The molecule has 0 spiro atoms. The normalized spacial score (nSPS) is 21.4. The number of hydrogen-bond donors (Lipinski definition) is 1. The van der Waals surface area contributed by atoms with Crippen LogP contribution in [0.5, 0.6) is 0 Å². The number of carbonyl (C=O) groups excluding carboxylic acids is 1. The Morgan fingerprint density at radius 1 is 1.50 bits per heavy atom. The number of nitrogens with two attached hydrogens (primary N) is 1. The van der Waals surface area contributed by atoms with E-state index in [9.17, 15) is 4.79 Å². The summed E-state index contributed by atoms with van der Waals surface area (Å²) in [4.78, 5) is 14.1. The maximum absolute atomic E-state index is 11.9. The fourth-order valence-electron chi connectivity index (χ4n) is 2.69. The molecule has 1 saturated heterocycles. The van der Waals surface area contributed by atoms with E-state index in [4.69, 9.17) is 15.2 Å². The topological polar surface area (TPSA) is 64.8 Å². The fraction of sp³-hybridized carbons (Fsp3) is 0.533.